The number of carbonyl (C=O) groups excluding carboxylic acids is 1. The van der Waals surface area contributed by atoms with Crippen LogP contribution in [-0.4, -0.2) is 17.0 Å². The van der Waals surface area contributed by atoms with E-state index in [1.807, 2.05) is 13.0 Å². The predicted octanol–water partition coefficient (Wildman–Crippen LogP) is 6.72. The summed E-state index contributed by atoms with van der Waals surface area (Å²) in [4.78, 5) is 14.0. The third-order valence-corrected chi connectivity index (χ3v) is 6.59. The zero-order valence-corrected chi connectivity index (χ0v) is 19.1. The Balaban J connectivity index is 1.52. The third-order valence-electron chi connectivity index (χ3n) is 5.44. The molecule has 1 amide bonds. The van der Waals surface area contributed by atoms with Crippen LogP contribution in [0.2, 0.25) is 0 Å². The summed E-state index contributed by atoms with van der Waals surface area (Å²) in [5.74, 6) is 0.0373. The number of aromatic nitrogens is 1. The highest BCUT2D eigenvalue weighted by Gasteiger charge is 2.09. The first-order valence-electron chi connectivity index (χ1n) is 11.3. The fourth-order valence-electron chi connectivity index (χ4n) is 3.77. The van der Waals surface area contributed by atoms with Gasteiger partial charge in [0.15, 0.2) is 0 Å². The van der Waals surface area contributed by atoms with Crippen molar-refractivity contribution in [2.75, 3.05) is 6.54 Å². The van der Waals surface area contributed by atoms with Crippen LogP contribution in [0.25, 0.3) is 11.3 Å². The van der Waals surface area contributed by atoms with Gasteiger partial charge in [0.25, 0.3) is 5.91 Å². The number of rotatable bonds is 12. The van der Waals surface area contributed by atoms with E-state index >= 15 is 0 Å². The number of thiophene rings is 1. The molecule has 0 saturated carbocycles. The van der Waals surface area contributed by atoms with Gasteiger partial charge in [0.1, 0.15) is 0 Å². The monoisotopic (exact) mass is 422 g/mol. The molecular weight excluding hydrogens is 388 g/mol. The van der Waals surface area contributed by atoms with Gasteiger partial charge in [-0.3, -0.25) is 4.79 Å². The SMILES string of the molecule is CCCCCCc1ccc(-c2cccn2CCCc2ccc(C(=O)NCC)s2)cc1. The lowest BCUT2D eigenvalue weighted by Gasteiger charge is -2.10. The topological polar surface area (TPSA) is 34.0 Å². The highest BCUT2D eigenvalue weighted by atomic mass is 32.1. The molecule has 3 rings (SSSR count). The number of hydrogen-bond acceptors (Lipinski definition) is 2. The third kappa shape index (κ3) is 6.33. The van der Waals surface area contributed by atoms with E-state index in [1.54, 1.807) is 11.3 Å². The van der Waals surface area contributed by atoms with Crippen LogP contribution < -0.4 is 5.32 Å². The Labute approximate surface area is 185 Å². The van der Waals surface area contributed by atoms with Crippen molar-refractivity contribution in [2.24, 2.45) is 0 Å². The highest BCUT2D eigenvalue weighted by molar-refractivity contribution is 7.14. The van der Waals surface area contributed by atoms with Gasteiger partial charge in [-0.2, -0.15) is 0 Å². The normalized spacial score (nSPS) is 11.0. The molecule has 1 aromatic carbocycles. The van der Waals surface area contributed by atoms with E-state index in [4.69, 9.17) is 0 Å². The van der Waals surface area contributed by atoms with Gasteiger partial charge in [-0.25, -0.2) is 0 Å². The average molecular weight is 423 g/mol. The Morgan fingerprint density at radius 2 is 1.77 bits per heavy atom. The summed E-state index contributed by atoms with van der Waals surface area (Å²) in [5, 5.41) is 2.87. The summed E-state index contributed by atoms with van der Waals surface area (Å²) in [7, 11) is 0. The van der Waals surface area contributed by atoms with E-state index in [0.717, 1.165) is 24.3 Å². The minimum Gasteiger partial charge on any atom is -0.352 e. The summed E-state index contributed by atoms with van der Waals surface area (Å²) in [6.07, 6.45) is 10.7. The van der Waals surface area contributed by atoms with E-state index in [0.29, 0.717) is 6.54 Å². The van der Waals surface area contributed by atoms with Crippen molar-refractivity contribution in [3.8, 4) is 11.3 Å². The zero-order chi connectivity index (χ0) is 21.2. The second kappa shape index (κ2) is 11.8. The molecule has 0 aliphatic heterocycles. The number of carbonyl (C=O) groups is 1. The lowest BCUT2D eigenvalue weighted by atomic mass is 10.0. The number of aryl methyl sites for hydroxylation is 3. The van der Waals surface area contributed by atoms with Crippen LogP contribution in [0, 0.1) is 0 Å². The van der Waals surface area contributed by atoms with Crippen molar-refractivity contribution in [1.82, 2.24) is 9.88 Å². The minimum absolute atomic E-state index is 0.0373. The first-order chi connectivity index (χ1) is 14.7. The number of nitrogens with one attached hydrogen (secondary N) is 1. The summed E-state index contributed by atoms with van der Waals surface area (Å²) in [6, 6.07) is 17.5. The first-order valence-corrected chi connectivity index (χ1v) is 12.1. The average Bonchev–Trinajstić information content (AvgIpc) is 3.42. The Hall–Kier alpha value is -2.33. The van der Waals surface area contributed by atoms with Crippen LogP contribution in [0.4, 0.5) is 0 Å². The molecule has 1 N–H and O–H groups in total. The van der Waals surface area contributed by atoms with Crippen LogP contribution >= 0.6 is 11.3 Å². The van der Waals surface area contributed by atoms with Gasteiger partial charge in [-0.1, -0.05) is 50.5 Å². The molecule has 0 spiro atoms. The number of unbranched alkanes of at least 4 members (excludes halogenated alkanes) is 3. The maximum absolute atomic E-state index is 11.9. The van der Waals surface area contributed by atoms with Crippen molar-refractivity contribution in [1.29, 1.82) is 0 Å². The minimum atomic E-state index is 0.0373. The van der Waals surface area contributed by atoms with E-state index in [2.05, 4.69) is 65.5 Å². The van der Waals surface area contributed by atoms with Crippen molar-refractivity contribution in [3.05, 3.63) is 70.0 Å². The van der Waals surface area contributed by atoms with E-state index < -0.39 is 0 Å². The maximum Gasteiger partial charge on any atom is 0.261 e. The lowest BCUT2D eigenvalue weighted by molar-refractivity contribution is 0.0960. The molecule has 0 bridgehead atoms. The first kappa shape index (κ1) is 22.4. The molecule has 0 unspecified atom stereocenters. The van der Waals surface area contributed by atoms with Gasteiger partial charge in [0.2, 0.25) is 0 Å². The van der Waals surface area contributed by atoms with Gasteiger partial charge in [0, 0.05) is 29.9 Å². The summed E-state index contributed by atoms with van der Waals surface area (Å²) < 4.78 is 2.34. The van der Waals surface area contributed by atoms with Gasteiger partial charge in [-0.15, -0.1) is 11.3 Å². The molecular formula is C26H34N2OS. The quantitative estimate of drug-likeness (QED) is 0.323. The number of amides is 1. The molecule has 30 heavy (non-hydrogen) atoms. The van der Waals surface area contributed by atoms with E-state index in [1.165, 1.54) is 53.8 Å². The number of nitrogens with zero attached hydrogens (tertiary/aromatic N) is 1. The number of hydrogen-bond donors (Lipinski definition) is 1. The zero-order valence-electron chi connectivity index (χ0n) is 18.3. The summed E-state index contributed by atoms with van der Waals surface area (Å²) in [6.45, 7) is 5.85. The summed E-state index contributed by atoms with van der Waals surface area (Å²) >= 11 is 1.61. The van der Waals surface area contributed by atoms with Crippen molar-refractivity contribution in [3.63, 3.8) is 0 Å². The van der Waals surface area contributed by atoms with Crippen LogP contribution in [0.5, 0.6) is 0 Å². The van der Waals surface area contributed by atoms with Crippen LogP contribution in [0.15, 0.2) is 54.7 Å². The molecule has 3 aromatic rings. The van der Waals surface area contributed by atoms with Crippen molar-refractivity contribution in [2.45, 2.75) is 65.3 Å². The fraction of sp³-hybridized carbons (Fsp3) is 0.423. The van der Waals surface area contributed by atoms with Gasteiger partial charge in [-0.05, 0) is 68.0 Å². The fourth-order valence-corrected chi connectivity index (χ4v) is 4.74. The van der Waals surface area contributed by atoms with Crippen molar-refractivity contribution < 1.29 is 4.79 Å². The molecule has 3 nitrogen and oxygen atoms in total. The largest absolute Gasteiger partial charge is 0.352 e. The van der Waals surface area contributed by atoms with Gasteiger partial charge >= 0.3 is 0 Å². The molecule has 0 atom stereocenters. The standard InChI is InChI=1S/C26H34N2OS/c1-3-5-6-7-10-21-13-15-22(16-14-21)24-12-9-20-28(24)19-8-11-23-17-18-25(30-23)26(29)27-4-2/h9,12-18,20H,3-8,10-11,19H2,1-2H3,(H,27,29). The number of benzene rings is 1. The Bertz CT molecular complexity index is 907. The molecule has 4 heteroatoms. The van der Waals surface area contributed by atoms with Crippen LogP contribution in [-0.2, 0) is 19.4 Å². The molecule has 0 aliphatic rings. The van der Waals surface area contributed by atoms with E-state index in [9.17, 15) is 4.79 Å². The van der Waals surface area contributed by atoms with Gasteiger partial charge in [0.05, 0.1) is 4.88 Å². The molecule has 0 saturated heterocycles. The molecule has 0 radical (unpaired) electrons. The Morgan fingerprint density at radius 3 is 2.53 bits per heavy atom. The molecule has 0 aliphatic carbocycles. The lowest BCUT2D eigenvalue weighted by Crippen LogP contribution is -2.21. The molecule has 160 valence electrons. The maximum atomic E-state index is 11.9. The van der Waals surface area contributed by atoms with Crippen molar-refractivity contribution >= 4 is 17.2 Å². The summed E-state index contributed by atoms with van der Waals surface area (Å²) in [5.41, 5.74) is 4.00. The van der Waals surface area contributed by atoms with E-state index in [-0.39, 0.29) is 5.91 Å². The second-order valence-electron chi connectivity index (χ2n) is 7.82. The van der Waals surface area contributed by atoms with Crippen LogP contribution in [0.1, 0.15) is 66.1 Å². The van der Waals surface area contributed by atoms with Crippen LogP contribution in [0.3, 0.4) is 0 Å². The second-order valence-corrected chi connectivity index (χ2v) is 8.99. The van der Waals surface area contributed by atoms with Gasteiger partial charge < -0.3 is 9.88 Å². The predicted molar refractivity (Wildman–Crippen MR) is 128 cm³/mol. The smallest absolute Gasteiger partial charge is 0.261 e. The Kier molecular flexibility index (Phi) is 8.76. The molecule has 0 fully saturated rings. The molecule has 2 heterocycles. The molecule has 2 aromatic heterocycles. The Morgan fingerprint density at radius 1 is 0.933 bits per heavy atom. The highest BCUT2D eigenvalue weighted by Crippen LogP contribution is 2.23.